The number of hydrogen-bond acceptors (Lipinski definition) is 6. The predicted molar refractivity (Wildman–Crippen MR) is 91.7 cm³/mol. The number of esters is 1. The molecule has 0 unspecified atom stereocenters. The van der Waals surface area contributed by atoms with E-state index in [0.717, 1.165) is 0 Å². The third-order valence-electron chi connectivity index (χ3n) is 3.22. The quantitative estimate of drug-likeness (QED) is 0.402. The van der Waals surface area contributed by atoms with Gasteiger partial charge in [0, 0.05) is 19.0 Å². The standard InChI is InChI=1S/C18H20N2O6/c1-2-24-16(21)8-3-9-19-17(22)14(12-13-6-4-10-25-13)20-18(23)15-7-5-11-26-15/h4-7,10-12H,2-3,8-9H2,1H3,(H,19,22)(H,20,23). The van der Waals surface area contributed by atoms with Crippen LogP contribution in [0.15, 0.2) is 51.3 Å². The van der Waals surface area contributed by atoms with E-state index in [0.29, 0.717) is 18.8 Å². The van der Waals surface area contributed by atoms with Gasteiger partial charge in [0.1, 0.15) is 11.5 Å². The summed E-state index contributed by atoms with van der Waals surface area (Å²) in [6, 6.07) is 6.36. The van der Waals surface area contributed by atoms with Gasteiger partial charge in [-0.3, -0.25) is 14.4 Å². The molecule has 0 radical (unpaired) electrons. The molecule has 2 rings (SSSR count). The van der Waals surface area contributed by atoms with Crippen molar-refractivity contribution >= 4 is 23.9 Å². The Morgan fingerprint density at radius 2 is 1.92 bits per heavy atom. The highest BCUT2D eigenvalue weighted by Gasteiger charge is 2.16. The largest absolute Gasteiger partial charge is 0.466 e. The van der Waals surface area contributed by atoms with Crippen molar-refractivity contribution in [3.63, 3.8) is 0 Å². The van der Waals surface area contributed by atoms with Crippen LogP contribution in [-0.4, -0.2) is 30.9 Å². The SMILES string of the molecule is CCOC(=O)CCCNC(=O)C(=Cc1ccco1)NC(=O)c1ccco1. The fraction of sp³-hybridized carbons (Fsp3) is 0.278. The Morgan fingerprint density at radius 3 is 2.58 bits per heavy atom. The number of hydrogen-bond donors (Lipinski definition) is 2. The van der Waals surface area contributed by atoms with Crippen LogP contribution in [0.1, 0.15) is 36.1 Å². The van der Waals surface area contributed by atoms with E-state index in [1.807, 2.05) is 0 Å². The minimum atomic E-state index is -0.561. The van der Waals surface area contributed by atoms with Gasteiger partial charge in [0.15, 0.2) is 5.76 Å². The number of furan rings is 2. The fourth-order valence-electron chi connectivity index (χ4n) is 2.03. The molecule has 26 heavy (non-hydrogen) atoms. The lowest BCUT2D eigenvalue weighted by molar-refractivity contribution is -0.143. The van der Waals surface area contributed by atoms with E-state index in [1.54, 1.807) is 25.1 Å². The smallest absolute Gasteiger partial charge is 0.305 e. The summed E-state index contributed by atoms with van der Waals surface area (Å²) in [6.07, 6.45) is 4.84. The van der Waals surface area contributed by atoms with Crippen molar-refractivity contribution in [3.8, 4) is 0 Å². The third-order valence-corrected chi connectivity index (χ3v) is 3.22. The van der Waals surface area contributed by atoms with Gasteiger partial charge in [-0.25, -0.2) is 0 Å². The van der Waals surface area contributed by atoms with Crippen LogP contribution in [-0.2, 0) is 14.3 Å². The fourth-order valence-corrected chi connectivity index (χ4v) is 2.03. The summed E-state index contributed by atoms with van der Waals surface area (Å²) < 4.78 is 15.0. The van der Waals surface area contributed by atoms with Crippen molar-refractivity contribution in [1.29, 1.82) is 0 Å². The minimum absolute atomic E-state index is 0.00233. The zero-order valence-corrected chi connectivity index (χ0v) is 14.3. The average Bonchev–Trinajstić information content (AvgIpc) is 3.31. The van der Waals surface area contributed by atoms with Gasteiger partial charge in [-0.1, -0.05) is 0 Å². The lowest BCUT2D eigenvalue weighted by Crippen LogP contribution is -2.35. The number of amides is 2. The lowest BCUT2D eigenvalue weighted by Gasteiger charge is -2.09. The highest BCUT2D eigenvalue weighted by atomic mass is 16.5. The first-order chi connectivity index (χ1) is 12.6. The van der Waals surface area contributed by atoms with Crippen LogP contribution in [0.25, 0.3) is 6.08 Å². The highest BCUT2D eigenvalue weighted by molar-refractivity contribution is 6.04. The van der Waals surface area contributed by atoms with Gasteiger partial charge in [0.05, 0.1) is 19.1 Å². The molecular weight excluding hydrogens is 340 g/mol. The molecule has 0 aliphatic carbocycles. The number of carbonyl (C=O) groups is 3. The van der Waals surface area contributed by atoms with E-state index in [1.165, 1.54) is 24.7 Å². The summed E-state index contributed by atoms with van der Waals surface area (Å²) in [5.74, 6) is -0.911. The molecule has 0 aromatic carbocycles. The van der Waals surface area contributed by atoms with Crippen molar-refractivity contribution in [2.45, 2.75) is 19.8 Å². The Labute approximate surface area is 150 Å². The van der Waals surface area contributed by atoms with Crippen molar-refractivity contribution in [1.82, 2.24) is 10.6 Å². The molecule has 0 saturated carbocycles. The summed E-state index contributed by atoms with van der Waals surface area (Å²) >= 11 is 0. The molecule has 2 aromatic rings. The first-order valence-electron chi connectivity index (χ1n) is 8.14. The number of ether oxygens (including phenoxy) is 1. The van der Waals surface area contributed by atoms with Crippen molar-refractivity contribution in [3.05, 3.63) is 54.0 Å². The molecule has 0 atom stereocenters. The van der Waals surface area contributed by atoms with E-state index in [-0.39, 0.29) is 30.4 Å². The van der Waals surface area contributed by atoms with Gasteiger partial charge in [-0.15, -0.1) is 0 Å². The van der Waals surface area contributed by atoms with E-state index in [4.69, 9.17) is 13.6 Å². The van der Waals surface area contributed by atoms with Gasteiger partial charge in [0.2, 0.25) is 0 Å². The summed E-state index contributed by atoms with van der Waals surface area (Å²) in [7, 11) is 0. The number of rotatable bonds is 9. The van der Waals surface area contributed by atoms with Gasteiger partial charge in [-0.2, -0.15) is 0 Å². The second-order valence-corrected chi connectivity index (χ2v) is 5.17. The summed E-state index contributed by atoms with van der Waals surface area (Å²) in [5, 5.41) is 5.13. The third kappa shape index (κ3) is 5.97. The first kappa shape index (κ1) is 19.0. The van der Waals surface area contributed by atoms with E-state index in [2.05, 4.69) is 10.6 Å². The molecule has 0 fully saturated rings. The first-order valence-corrected chi connectivity index (χ1v) is 8.14. The Kier molecular flexibility index (Phi) is 7.23. The molecule has 2 heterocycles. The second-order valence-electron chi connectivity index (χ2n) is 5.17. The van der Waals surface area contributed by atoms with Gasteiger partial charge in [0.25, 0.3) is 11.8 Å². The van der Waals surface area contributed by atoms with Crippen molar-refractivity contribution in [2.24, 2.45) is 0 Å². The maximum Gasteiger partial charge on any atom is 0.305 e. The van der Waals surface area contributed by atoms with Gasteiger partial charge >= 0.3 is 5.97 Å². The van der Waals surface area contributed by atoms with Crippen LogP contribution in [0.2, 0.25) is 0 Å². The van der Waals surface area contributed by atoms with E-state index >= 15 is 0 Å². The number of carbonyl (C=O) groups excluding carboxylic acids is 3. The van der Waals surface area contributed by atoms with Crippen LogP contribution in [0.3, 0.4) is 0 Å². The molecule has 2 N–H and O–H groups in total. The van der Waals surface area contributed by atoms with Crippen molar-refractivity contribution in [2.75, 3.05) is 13.2 Å². The molecule has 0 saturated heterocycles. The maximum absolute atomic E-state index is 12.4. The summed E-state index contributed by atoms with van der Waals surface area (Å²) in [4.78, 5) is 35.8. The maximum atomic E-state index is 12.4. The monoisotopic (exact) mass is 360 g/mol. The Morgan fingerprint density at radius 1 is 1.15 bits per heavy atom. The van der Waals surface area contributed by atoms with Crippen LogP contribution in [0, 0.1) is 0 Å². The van der Waals surface area contributed by atoms with Crippen LogP contribution >= 0.6 is 0 Å². The Hall–Kier alpha value is -3.29. The average molecular weight is 360 g/mol. The molecule has 0 aliphatic rings. The summed E-state index contributed by atoms with van der Waals surface area (Å²) in [5.41, 5.74) is -0.00233. The topological polar surface area (TPSA) is 111 Å². The predicted octanol–water partition coefficient (Wildman–Crippen LogP) is 2.10. The number of nitrogens with one attached hydrogen (secondary N) is 2. The molecule has 138 valence electrons. The molecule has 8 heteroatoms. The lowest BCUT2D eigenvalue weighted by atomic mass is 10.2. The molecule has 0 spiro atoms. The minimum Gasteiger partial charge on any atom is -0.466 e. The highest BCUT2D eigenvalue weighted by Crippen LogP contribution is 2.08. The zero-order valence-electron chi connectivity index (χ0n) is 14.3. The zero-order chi connectivity index (χ0) is 18.8. The van der Waals surface area contributed by atoms with Crippen LogP contribution < -0.4 is 10.6 Å². The molecule has 8 nitrogen and oxygen atoms in total. The Balaban J connectivity index is 1.96. The normalized spacial score (nSPS) is 11.0. The van der Waals surface area contributed by atoms with E-state index < -0.39 is 11.8 Å². The Bertz CT molecular complexity index is 747. The molecular formula is C18H20N2O6. The molecule has 2 amide bonds. The molecule has 2 aromatic heterocycles. The van der Waals surface area contributed by atoms with Crippen molar-refractivity contribution < 1.29 is 28.0 Å². The van der Waals surface area contributed by atoms with Gasteiger partial charge < -0.3 is 24.2 Å². The molecule has 0 aliphatic heterocycles. The van der Waals surface area contributed by atoms with Crippen LogP contribution in [0.5, 0.6) is 0 Å². The van der Waals surface area contributed by atoms with Crippen LogP contribution in [0.4, 0.5) is 0 Å². The molecule has 0 bridgehead atoms. The second kappa shape index (κ2) is 9.87. The van der Waals surface area contributed by atoms with Gasteiger partial charge in [-0.05, 0) is 37.6 Å². The summed E-state index contributed by atoms with van der Waals surface area (Å²) in [6.45, 7) is 2.30. The van der Waals surface area contributed by atoms with E-state index in [9.17, 15) is 14.4 Å².